The summed E-state index contributed by atoms with van der Waals surface area (Å²) in [6, 6.07) is 11.8. The van der Waals surface area contributed by atoms with Gasteiger partial charge in [0, 0.05) is 42.3 Å². The van der Waals surface area contributed by atoms with Gasteiger partial charge in [-0.25, -0.2) is 8.42 Å². The van der Waals surface area contributed by atoms with Crippen molar-refractivity contribution in [2.24, 2.45) is 0 Å². The Hall–Kier alpha value is -2.10. The lowest BCUT2D eigenvalue weighted by Crippen LogP contribution is -2.50. The summed E-state index contributed by atoms with van der Waals surface area (Å²) in [6.45, 7) is 1.07. The molecule has 28 heavy (non-hydrogen) atoms. The maximum atomic E-state index is 13.1. The predicted octanol–water partition coefficient (Wildman–Crippen LogP) is 2.61. The first-order valence-electron chi connectivity index (χ1n) is 8.64. The molecule has 7 nitrogen and oxygen atoms in total. The summed E-state index contributed by atoms with van der Waals surface area (Å²) in [6.07, 6.45) is 0. The van der Waals surface area contributed by atoms with E-state index in [0.717, 1.165) is 4.47 Å². The predicted molar refractivity (Wildman–Crippen MR) is 108 cm³/mol. The Labute approximate surface area is 173 Å². The summed E-state index contributed by atoms with van der Waals surface area (Å²) in [5.74, 6) is 0.584. The summed E-state index contributed by atoms with van der Waals surface area (Å²) in [5.41, 5.74) is 0.578. The normalized spacial score (nSPS) is 15.3. The first kappa shape index (κ1) is 20.6. The Morgan fingerprint density at radius 3 is 2.18 bits per heavy atom. The molecular weight excluding hydrogens is 448 g/mol. The summed E-state index contributed by atoms with van der Waals surface area (Å²) in [4.78, 5) is 14.3. The molecule has 2 aromatic rings. The second kappa shape index (κ2) is 8.50. The molecule has 0 aliphatic carbocycles. The monoisotopic (exact) mass is 468 g/mol. The smallest absolute Gasteiger partial charge is 0.253 e. The number of sulfonamides is 1. The number of carbonyl (C=O) groups is 1. The van der Waals surface area contributed by atoms with Crippen molar-refractivity contribution in [2.45, 2.75) is 4.90 Å². The Morgan fingerprint density at radius 1 is 0.964 bits per heavy atom. The molecular formula is C19H21BrN2O5S. The topological polar surface area (TPSA) is 76.2 Å². The lowest BCUT2D eigenvalue weighted by Gasteiger charge is -2.34. The second-order valence-electron chi connectivity index (χ2n) is 6.22. The van der Waals surface area contributed by atoms with Crippen LogP contribution in [0.25, 0.3) is 0 Å². The number of benzene rings is 2. The maximum absolute atomic E-state index is 13.1. The summed E-state index contributed by atoms with van der Waals surface area (Å²) in [7, 11) is -0.869. The highest BCUT2D eigenvalue weighted by Crippen LogP contribution is 2.31. The molecule has 0 atom stereocenters. The highest BCUT2D eigenvalue weighted by molar-refractivity contribution is 9.10. The van der Waals surface area contributed by atoms with Gasteiger partial charge in [-0.3, -0.25) is 4.79 Å². The van der Waals surface area contributed by atoms with Gasteiger partial charge in [-0.05, 0) is 36.4 Å². The molecule has 1 aliphatic rings. The second-order valence-corrected chi connectivity index (χ2v) is 9.04. The number of hydrogen-bond acceptors (Lipinski definition) is 5. The first-order chi connectivity index (χ1) is 13.4. The minimum absolute atomic E-state index is 0.0574. The van der Waals surface area contributed by atoms with E-state index in [0.29, 0.717) is 24.4 Å². The van der Waals surface area contributed by atoms with Crippen molar-refractivity contribution in [3.63, 3.8) is 0 Å². The zero-order valence-electron chi connectivity index (χ0n) is 15.6. The van der Waals surface area contributed by atoms with E-state index in [4.69, 9.17) is 9.47 Å². The van der Waals surface area contributed by atoms with Crippen molar-refractivity contribution >= 4 is 31.9 Å². The molecule has 1 aliphatic heterocycles. The van der Waals surface area contributed by atoms with Crippen LogP contribution in [0.2, 0.25) is 0 Å². The number of hydrogen-bond donors (Lipinski definition) is 0. The van der Waals surface area contributed by atoms with E-state index in [9.17, 15) is 13.2 Å². The Morgan fingerprint density at radius 2 is 1.61 bits per heavy atom. The van der Waals surface area contributed by atoms with Crippen molar-refractivity contribution in [1.82, 2.24) is 9.21 Å². The maximum Gasteiger partial charge on any atom is 0.253 e. The van der Waals surface area contributed by atoms with Crippen LogP contribution in [0.15, 0.2) is 51.8 Å². The van der Waals surface area contributed by atoms with Crippen LogP contribution in [0.4, 0.5) is 0 Å². The van der Waals surface area contributed by atoms with E-state index in [-0.39, 0.29) is 29.6 Å². The van der Waals surface area contributed by atoms with Crippen LogP contribution in [0.5, 0.6) is 11.5 Å². The number of rotatable bonds is 5. The van der Waals surface area contributed by atoms with Crippen LogP contribution in [-0.2, 0) is 10.0 Å². The third kappa shape index (κ3) is 4.16. The fourth-order valence-electron chi connectivity index (χ4n) is 3.03. The van der Waals surface area contributed by atoms with Crippen LogP contribution in [0.3, 0.4) is 0 Å². The Kier molecular flexibility index (Phi) is 6.26. The zero-order valence-corrected chi connectivity index (χ0v) is 18.0. The van der Waals surface area contributed by atoms with Crippen molar-refractivity contribution in [3.8, 4) is 11.5 Å². The lowest BCUT2D eigenvalue weighted by molar-refractivity contribution is 0.0698. The van der Waals surface area contributed by atoms with Gasteiger partial charge >= 0.3 is 0 Å². The Balaban J connectivity index is 1.75. The number of amides is 1. The molecule has 2 aromatic carbocycles. The molecule has 1 saturated heterocycles. The van der Waals surface area contributed by atoms with Crippen LogP contribution in [0.1, 0.15) is 10.4 Å². The van der Waals surface area contributed by atoms with Gasteiger partial charge in [0.1, 0.15) is 16.4 Å². The van der Waals surface area contributed by atoms with Crippen LogP contribution < -0.4 is 9.47 Å². The highest BCUT2D eigenvalue weighted by Gasteiger charge is 2.32. The van der Waals surface area contributed by atoms with E-state index in [1.807, 2.05) is 12.1 Å². The number of nitrogens with zero attached hydrogens (tertiary/aromatic N) is 2. The zero-order chi connectivity index (χ0) is 20.3. The largest absolute Gasteiger partial charge is 0.497 e. The van der Waals surface area contributed by atoms with Gasteiger partial charge < -0.3 is 14.4 Å². The van der Waals surface area contributed by atoms with Gasteiger partial charge in [0.25, 0.3) is 5.91 Å². The number of piperazine rings is 1. The fraction of sp³-hybridized carbons (Fsp3) is 0.316. The number of halogens is 1. The summed E-state index contributed by atoms with van der Waals surface area (Å²) >= 11 is 3.35. The fourth-order valence-corrected chi connectivity index (χ4v) is 4.89. The highest BCUT2D eigenvalue weighted by atomic mass is 79.9. The Bertz CT molecular complexity index is 955. The van der Waals surface area contributed by atoms with Crippen LogP contribution >= 0.6 is 15.9 Å². The van der Waals surface area contributed by atoms with Crippen molar-refractivity contribution in [2.75, 3.05) is 40.4 Å². The van der Waals surface area contributed by atoms with Gasteiger partial charge in [0.2, 0.25) is 10.0 Å². The standard InChI is InChI=1S/C19H21BrN2O5S/c1-26-16-7-8-17(27-2)18(13-16)28(24,25)22-11-9-21(10-12-22)19(23)14-3-5-15(20)6-4-14/h3-8,13H,9-12H2,1-2H3. The minimum Gasteiger partial charge on any atom is -0.497 e. The number of carbonyl (C=O) groups excluding carboxylic acids is 1. The molecule has 0 unspecified atom stereocenters. The molecule has 0 saturated carbocycles. The van der Waals surface area contributed by atoms with E-state index < -0.39 is 10.0 Å². The SMILES string of the molecule is COc1ccc(OC)c(S(=O)(=O)N2CCN(C(=O)c3ccc(Br)cc3)CC2)c1. The number of methoxy groups -OCH3 is 2. The van der Waals surface area contributed by atoms with Gasteiger partial charge in [0.15, 0.2) is 0 Å². The van der Waals surface area contributed by atoms with Crippen LogP contribution in [0, 0.1) is 0 Å². The molecule has 150 valence electrons. The first-order valence-corrected chi connectivity index (χ1v) is 10.9. The van der Waals surface area contributed by atoms with Crippen LogP contribution in [-0.4, -0.2) is 63.9 Å². The third-order valence-corrected chi connectivity index (χ3v) is 7.05. The van der Waals surface area contributed by atoms with Gasteiger partial charge in [-0.1, -0.05) is 15.9 Å². The van der Waals surface area contributed by atoms with Gasteiger partial charge in [-0.2, -0.15) is 4.31 Å². The quantitative estimate of drug-likeness (QED) is 0.673. The molecule has 0 aromatic heterocycles. The molecule has 0 N–H and O–H groups in total. The van der Waals surface area contributed by atoms with E-state index in [2.05, 4.69) is 15.9 Å². The van der Waals surface area contributed by atoms with Crippen molar-refractivity contribution < 1.29 is 22.7 Å². The minimum atomic E-state index is -3.77. The number of ether oxygens (including phenoxy) is 2. The third-order valence-electron chi connectivity index (χ3n) is 4.61. The molecule has 1 fully saturated rings. The molecule has 0 bridgehead atoms. The average molecular weight is 469 g/mol. The molecule has 9 heteroatoms. The molecule has 3 rings (SSSR count). The molecule has 1 amide bonds. The van der Waals surface area contributed by atoms with Crippen molar-refractivity contribution in [1.29, 1.82) is 0 Å². The van der Waals surface area contributed by atoms with Gasteiger partial charge in [0.05, 0.1) is 14.2 Å². The van der Waals surface area contributed by atoms with E-state index >= 15 is 0 Å². The van der Waals surface area contributed by atoms with Gasteiger partial charge in [-0.15, -0.1) is 0 Å². The molecule has 1 heterocycles. The summed E-state index contributed by atoms with van der Waals surface area (Å²) < 4.78 is 38.8. The van der Waals surface area contributed by atoms with Crippen molar-refractivity contribution in [3.05, 3.63) is 52.5 Å². The average Bonchev–Trinajstić information content (AvgIpc) is 2.73. The molecule has 0 spiro atoms. The summed E-state index contributed by atoms with van der Waals surface area (Å²) in [5, 5.41) is 0. The lowest BCUT2D eigenvalue weighted by atomic mass is 10.2. The van der Waals surface area contributed by atoms with E-state index in [1.165, 1.54) is 24.6 Å². The molecule has 0 radical (unpaired) electrons. The van der Waals surface area contributed by atoms with E-state index in [1.54, 1.807) is 29.2 Å².